The number of rotatable bonds is 8. The zero-order valence-electron chi connectivity index (χ0n) is 15.8. The third-order valence-corrected chi connectivity index (χ3v) is 3.51. The van der Waals surface area contributed by atoms with Crippen molar-refractivity contribution in [2.24, 2.45) is 11.8 Å². The highest BCUT2D eigenvalue weighted by Gasteiger charge is 2.23. The summed E-state index contributed by atoms with van der Waals surface area (Å²) in [6, 6.07) is 1.46. The molecule has 0 radical (unpaired) electrons. The Bertz CT molecular complexity index is 644. The summed E-state index contributed by atoms with van der Waals surface area (Å²) in [7, 11) is 1.28. The van der Waals surface area contributed by atoms with Gasteiger partial charge in [0.15, 0.2) is 0 Å². The van der Waals surface area contributed by atoms with Gasteiger partial charge in [0, 0.05) is 37.0 Å². The van der Waals surface area contributed by atoms with E-state index in [1.807, 2.05) is 4.90 Å². The topological polar surface area (TPSA) is 85.6 Å². The molecule has 0 spiro atoms. The van der Waals surface area contributed by atoms with Crippen molar-refractivity contribution in [2.75, 3.05) is 25.1 Å². The molecule has 1 heterocycles. The summed E-state index contributed by atoms with van der Waals surface area (Å²) in [5.74, 6) is 0.550. The van der Waals surface area contributed by atoms with Crippen molar-refractivity contribution in [3.63, 3.8) is 0 Å². The van der Waals surface area contributed by atoms with E-state index in [0.717, 1.165) is 0 Å². The van der Waals surface area contributed by atoms with Gasteiger partial charge in [-0.25, -0.2) is 9.78 Å². The molecule has 1 aromatic rings. The number of esters is 1. The summed E-state index contributed by atoms with van der Waals surface area (Å²) in [6.07, 6.45) is 2.85. The van der Waals surface area contributed by atoms with E-state index in [-0.39, 0.29) is 5.69 Å². The van der Waals surface area contributed by atoms with Gasteiger partial charge < -0.3 is 9.64 Å². The van der Waals surface area contributed by atoms with Gasteiger partial charge in [0.05, 0.1) is 12.0 Å². The molecule has 0 aliphatic heterocycles. The van der Waals surface area contributed by atoms with Crippen molar-refractivity contribution in [3.05, 3.63) is 34.0 Å². The fraction of sp³-hybridized carbons (Fsp3) is 0.556. The fourth-order valence-electron chi connectivity index (χ4n) is 2.49. The first-order valence-corrected chi connectivity index (χ1v) is 8.31. The van der Waals surface area contributed by atoms with E-state index in [1.165, 1.54) is 19.3 Å². The van der Waals surface area contributed by atoms with Crippen LogP contribution in [-0.4, -0.2) is 36.1 Å². The lowest BCUT2D eigenvalue weighted by Crippen LogP contribution is -2.32. The first kappa shape index (κ1) is 20.6. The highest BCUT2D eigenvalue weighted by Crippen LogP contribution is 2.30. The highest BCUT2D eigenvalue weighted by atomic mass is 16.6. The lowest BCUT2D eigenvalue weighted by molar-refractivity contribution is -0.384. The number of hydrogen-bond acceptors (Lipinski definition) is 6. The Balaban J connectivity index is 3.34. The molecule has 7 nitrogen and oxygen atoms in total. The van der Waals surface area contributed by atoms with Crippen molar-refractivity contribution >= 4 is 23.0 Å². The van der Waals surface area contributed by atoms with Gasteiger partial charge in [-0.15, -0.1) is 0 Å². The van der Waals surface area contributed by atoms with Crippen LogP contribution in [0.4, 0.5) is 11.5 Å². The number of methoxy groups -OCH3 is 1. The number of ether oxygens (including phenoxy) is 1. The largest absolute Gasteiger partial charge is 0.466 e. The zero-order chi connectivity index (χ0) is 19.1. The summed E-state index contributed by atoms with van der Waals surface area (Å²) in [5.41, 5.74) is 1.03. The van der Waals surface area contributed by atoms with Gasteiger partial charge in [-0.1, -0.05) is 27.7 Å². The normalized spacial score (nSPS) is 11.8. The van der Waals surface area contributed by atoms with Crippen LogP contribution in [0.2, 0.25) is 0 Å². The molecule has 0 bridgehead atoms. The molecular weight excluding hydrogens is 322 g/mol. The molecule has 7 heteroatoms. The van der Waals surface area contributed by atoms with Crippen LogP contribution >= 0.6 is 0 Å². The molecule has 0 unspecified atom stereocenters. The lowest BCUT2D eigenvalue weighted by Gasteiger charge is -2.27. The van der Waals surface area contributed by atoms with Crippen molar-refractivity contribution in [3.8, 4) is 0 Å². The fourth-order valence-corrected chi connectivity index (χ4v) is 2.49. The van der Waals surface area contributed by atoms with Crippen LogP contribution in [-0.2, 0) is 9.53 Å². The first-order chi connectivity index (χ1) is 11.6. The standard InChI is InChI=1S/C18H27N3O4/c1-12(2)10-20(11-13(3)4)18-16(21(23)24)8-15(9-19-18)14(5)7-17(22)25-6/h7-9,12-13H,10-11H2,1-6H3/b14-7+. The second-order valence-electron chi connectivity index (χ2n) is 6.87. The van der Waals surface area contributed by atoms with Crippen molar-refractivity contribution in [2.45, 2.75) is 34.6 Å². The number of hydrogen-bond donors (Lipinski definition) is 0. The SMILES string of the molecule is COC(=O)/C=C(\C)c1cnc(N(CC(C)C)CC(C)C)c([N+](=O)[O-])c1. The molecule has 0 saturated carbocycles. The molecule has 0 atom stereocenters. The molecule has 0 amide bonds. The molecule has 0 aliphatic rings. The van der Waals surface area contributed by atoms with E-state index < -0.39 is 10.9 Å². The summed E-state index contributed by atoms with van der Waals surface area (Å²) in [6.45, 7) is 11.3. The van der Waals surface area contributed by atoms with Crippen LogP contribution in [0.15, 0.2) is 18.3 Å². The Morgan fingerprint density at radius 3 is 2.32 bits per heavy atom. The van der Waals surface area contributed by atoms with Crippen LogP contribution in [0.1, 0.15) is 40.2 Å². The number of nitrogens with zero attached hydrogens (tertiary/aromatic N) is 3. The van der Waals surface area contributed by atoms with E-state index in [0.29, 0.717) is 41.9 Å². The zero-order valence-corrected chi connectivity index (χ0v) is 15.8. The molecule has 1 rings (SSSR count). The number of anilines is 1. The van der Waals surface area contributed by atoms with Gasteiger partial charge in [0.2, 0.25) is 5.82 Å². The Kier molecular flexibility index (Phi) is 7.54. The Morgan fingerprint density at radius 1 is 1.32 bits per heavy atom. The van der Waals surface area contributed by atoms with Crippen molar-refractivity contribution < 1.29 is 14.5 Å². The molecule has 25 heavy (non-hydrogen) atoms. The number of aromatic nitrogens is 1. The van der Waals surface area contributed by atoms with Crippen LogP contribution in [0, 0.1) is 22.0 Å². The molecule has 0 aliphatic carbocycles. The number of nitro groups is 1. The summed E-state index contributed by atoms with van der Waals surface area (Å²) < 4.78 is 4.59. The molecular formula is C18H27N3O4. The summed E-state index contributed by atoms with van der Waals surface area (Å²) >= 11 is 0. The predicted octanol–water partition coefficient (Wildman–Crippen LogP) is 3.68. The molecule has 0 aromatic carbocycles. The second-order valence-corrected chi connectivity index (χ2v) is 6.87. The average Bonchev–Trinajstić information content (AvgIpc) is 2.52. The van der Waals surface area contributed by atoms with E-state index in [9.17, 15) is 14.9 Å². The second kappa shape index (κ2) is 9.15. The van der Waals surface area contributed by atoms with Gasteiger partial charge in [-0.3, -0.25) is 10.1 Å². The minimum absolute atomic E-state index is 0.0589. The van der Waals surface area contributed by atoms with Gasteiger partial charge in [0.25, 0.3) is 0 Å². The maximum atomic E-state index is 11.6. The maximum absolute atomic E-state index is 11.6. The van der Waals surface area contributed by atoms with E-state index in [1.54, 1.807) is 13.1 Å². The number of pyridine rings is 1. The van der Waals surface area contributed by atoms with Crippen LogP contribution < -0.4 is 4.90 Å². The lowest BCUT2D eigenvalue weighted by atomic mass is 10.1. The number of allylic oxidation sites excluding steroid dienone is 1. The minimum Gasteiger partial charge on any atom is -0.466 e. The third kappa shape index (κ3) is 6.17. The van der Waals surface area contributed by atoms with Gasteiger partial charge in [0.1, 0.15) is 0 Å². The summed E-state index contributed by atoms with van der Waals surface area (Å²) in [5, 5.41) is 11.6. The maximum Gasteiger partial charge on any atom is 0.330 e. The molecule has 1 aromatic heterocycles. The number of carbonyl (C=O) groups excluding carboxylic acids is 1. The van der Waals surface area contributed by atoms with Crippen LogP contribution in [0.3, 0.4) is 0 Å². The Morgan fingerprint density at radius 2 is 1.88 bits per heavy atom. The number of carbonyl (C=O) groups is 1. The predicted molar refractivity (Wildman–Crippen MR) is 98.4 cm³/mol. The van der Waals surface area contributed by atoms with Crippen molar-refractivity contribution in [1.29, 1.82) is 0 Å². The van der Waals surface area contributed by atoms with Gasteiger partial charge in [-0.05, 0) is 24.3 Å². The van der Waals surface area contributed by atoms with Crippen LogP contribution in [0.25, 0.3) is 5.57 Å². The Hall–Kier alpha value is -2.44. The average molecular weight is 349 g/mol. The molecule has 0 saturated heterocycles. The van der Waals surface area contributed by atoms with Crippen LogP contribution in [0.5, 0.6) is 0 Å². The monoisotopic (exact) mass is 349 g/mol. The highest BCUT2D eigenvalue weighted by molar-refractivity contribution is 5.91. The minimum atomic E-state index is -0.509. The molecule has 138 valence electrons. The van der Waals surface area contributed by atoms with Gasteiger partial charge in [-0.2, -0.15) is 0 Å². The Labute approximate surface area is 148 Å². The first-order valence-electron chi connectivity index (χ1n) is 8.31. The summed E-state index contributed by atoms with van der Waals surface area (Å²) in [4.78, 5) is 28.8. The van der Waals surface area contributed by atoms with E-state index in [2.05, 4.69) is 37.4 Å². The van der Waals surface area contributed by atoms with Gasteiger partial charge >= 0.3 is 11.7 Å². The quantitative estimate of drug-likeness (QED) is 0.308. The van der Waals surface area contributed by atoms with Crippen molar-refractivity contribution in [1.82, 2.24) is 4.98 Å². The third-order valence-electron chi connectivity index (χ3n) is 3.51. The molecule has 0 N–H and O–H groups in total. The molecule has 0 fully saturated rings. The van der Waals surface area contributed by atoms with E-state index in [4.69, 9.17) is 0 Å². The van der Waals surface area contributed by atoms with E-state index >= 15 is 0 Å². The smallest absolute Gasteiger partial charge is 0.330 e.